The summed E-state index contributed by atoms with van der Waals surface area (Å²) in [6.07, 6.45) is -1.55. The van der Waals surface area contributed by atoms with Crippen molar-refractivity contribution in [2.45, 2.75) is 13.3 Å². The summed E-state index contributed by atoms with van der Waals surface area (Å²) in [6.45, 7) is 0.618. The highest BCUT2D eigenvalue weighted by Gasteiger charge is 2.17. The second-order valence-corrected chi connectivity index (χ2v) is 3.65. The monoisotopic (exact) mass is 261 g/mol. The van der Waals surface area contributed by atoms with Crippen LogP contribution in [0.25, 0.3) is 0 Å². The Labute approximate surface area is 102 Å². The lowest BCUT2D eigenvalue weighted by molar-refractivity contribution is -0.385. The van der Waals surface area contributed by atoms with Gasteiger partial charge in [-0.15, -0.1) is 0 Å². The van der Waals surface area contributed by atoms with E-state index in [0.717, 1.165) is 6.20 Å². The number of aryl methyl sites for hydroxylation is 1. The van der Waals surface area contributed by atoms with E-state index in [9.17, 15) is 18.9 Å². The number of alkyl halides is 2. The minimum Gasteiger partial charge on any atom is -0.395 e. The number of hydrogen-bond acceptors (Lipinski definition) is 5. The molecule has 0 unspecified atom stereocenters. The van der Waals surface area contributed by atoms with E-state index in [1.54, 1.807) is 0 Å². The SMILES string of the molecule is Cc1cc(N(CCO)CC(F)F)ncc1[N+](=O)[O-]. The molecule has 0 saturated heterocycles. The number of nitrogens with zero attached hydrogens (tertiary/aromatic N) is 3. The molecule has 0 bridgehead atoms. The van der Waals surface area contributed by atoms with Crippen LogP contribution >= 0.6 is 0 Å². The Balaban J connectivity index is 2.98. The summed E-state index contributed by atoms with van der Waals surface area (Å²) in [5.74, 6) is 0.187. The summed E-state index contributed by atoms with van der Waals surface area (Å²) >= 11 is 0. The van der Waals surface area contributed by atoms with Crippen LogP contribution in [0.3, 0.4) is 0 Å². The number of aromatic nitrogens is 1. The Morgan fingerprint density at radius 2 is 2.28 bits per heavy atom. The van der Waals surface area contributed by atoms with Gasteiger partial charge in [-0.2, -0.15) is 0 Å². The molecule has 0 fully saturated rings. The minimum absolute atomic E-state index is 0.00537. The number of halogens is 2. The first-order chi connectivity index (χ1) is 8.45. The largest absolute Gasteiger partial charge is 0.395 e. The zero-order chi connectivity index (χ0) is 13.7. The standard InChI is InChI=1S/C10H13F2N3O3/c1-7-4-10(13-5-8(7)15(17)18)14(2-3-16)6-9(11)12/h4-5,9,16H,2-3,6H2,1H3. The summed E-state index contributed by atoms with van der Waals surface area (Å²) in [5.41, 5.74) is 0.168. The van der Waals surface area contributed by atoms with Crippen molar-refractivity contribution in [3.8, 4) is 0 Å². The maximum atomic E-state index is 12.3. The third kappa shape index (κ3) is 3.59. The number of pyridine rings is 1. The van der Waals surface area contributed by atoms with Crippen LogP contribution in [-0.4, -0.2) is 41.1 Å². The van der Waals surface area contributed by atoms with Crippen molar-refractivity contribution in [1.82, 2.24) is 4.98 Å². The quantitative estimate of drug-likeness (QED) is 0.617. The van der Waals surface area contributed by atoms with Crippen molar-refractivity contribution >= 4 is 11.5 Å². The lowest BCUT2D eigenvalue weighted by Crippen LogP contribution is -2.32. The van der Waals surface area contributed by atoms with Crippen LogP contribution in [0.5, 0.6) is 0 Å². The van der Waals surface area contributed by atoms with Gasteiger partial charge >= 0.3 is 0 Å². The molecular weight excluding hydrogens is 248 g/mol. The van der Waals surface area contributed by atoms with E-state index in [1.807, 2.05) is 0 Å². The lowest BCUT2D eigenvalue weighted by Gasteiger charge is -2.22. The van der Waals surface area contributed by atoms with Crippen molar-refractivity contribution in [2.24, 2.45) is 0 Å². The van der Waals surface area contributed by atoms with Gasteiger partial charge in [0.25, 0.3) is 12.1 Å². The Morgan fingerprint density at radius 3 is 2.72 bits per heavy atom. The van der Waals surface area contributed by atoms with Gasteiger partial charge in [-0.1, -0.05) is 0 Å². The summed E-state index contributed by atoms with van der Waals surface area (Å²) in [4.78, 5) is 15.0. The summed E-state index contributed by atoms with van der Waals surface area (Å²) < 4.78 is 24.7. The fourth-order valence-electron chi connectivity index (χ4n) is 1.48. The highest BCUT2D eigenvalue weighted by molar-refractivity contribution is 5.48. The van der Waals surface area contributed by atoms with Crippen LogP contribution in [0, 0.1) is 17.0 Å². The zero-order valence-corrected chi connectivity index (χ0v) is 9.71. The molecule has 6 nitrogen and oxygen atoms in total. The summed E-state index contributed by atoms with van der Waals surface area (Å²) in [5, 5.41) is 19.4. The number of rotatable bonds is 6. The molecule has 1 rings (SSSR count). The molecule has 0 aromatic carbocycles. The zero-order valence-electron chi connectivity index (χ0n) is 9.71. The molecule has 1 aromatic heterocycles. The van der Waals surface area contributed by atoms with Crippen molar-refractivity contribution in [1.29, 1.82) is 0 Å². The fraction of sp³-hybridized carbons (Fsp3) is 0.500. The summed E-state index contributed by atoms with van der Waals surface area (Å²) in [7, 11) is 0. The fourth-order valence-corrected chi connectivity index (χ4v) is 1.48. The van der Waals surface area contributed by atoms with E-state index in [-0.39, 0.29) is 24.7 Å². The third-order valence-corrected chi connectivity index (χ3v) is 2.32. The molecule has 0 saturated carbocycles. The molecular formula is C10H13F2N3O3. The van der Waals surface area contributed by atoms with E-state index in [0.29, 0.717) is 5.56 Å². The molecule has 1 N–H and O–H groups in total. The molecule has 0 aliphatic rings. The van der Waals surface area contributed by atoms with Crippen LogP contribution in [0.1, 0.15) is 5.56 Å². The van der Waals surface area contributed by atoms with E-state index in [1.165, 1.54) is 17.9 Å². The van der Waals surface area contributed by atoms with E-state index in [4.69, 9.17) is 5.11 Å². The third-order valence-electron chi connectivity index (χ3n) is 2.32. The molecule has 18 heavy (non-hydrogen) atoms. The highest BCUT2D eigenvalue weighted by Crippen LogP contribution is 2.21. The van der Waals surface area contributed by atoms with E-state index in [2.05, 4.69) is 4.98 Å². The molecule has 0 aliphatic heterocycles. The van der Waals surface area contributed by atoms with Gasteiger partial charge in [0.1, 0.15) is 12.0 Å². The Hall–Kier alpha value is -1.83. The van der Waals surface area contributed by atoms with Crippen molar-refractivity contribution < 1.29 is 18.8 Å². The van der Waals surface area contributed by atoms with Gasteiger partial charge in [0.05, 0.1) is 18.1 Å². The average Bonchev–Trinajstić information content (AvgIpc) is 2.27. The number of hydrogen-bond donors (Lipinski definition) is 1. The number of aliphatic hydroxyl groups is 1. The molecule has 0 radical (unpaired) electrons. The van der Waals surface area contributed by atoms with Gasteiger partial charge in [-0.25, -0.2) is 13.8 Å². The first-order valence-electron chi connectivity index (χ1n) is 5.20. The molecule has 0 spiro atoms. The lowest BCUT2D eigenvalue weighted by atomic mass is 10.2. The first-order valence-corrected chi connectivity index (χ1v) is 5.20. The maximum Gasteiger partial charge on any atom is 0.290 e. The maximum absolute atomic E-state index is 12.3. The molecule has 0 amide bonds. The number of aliphatic hydroxyl groups excluding tert-OH is 1. The van der Waals surface area contributed by atoms with Crippen LogP contribution in [0.15, 0.2) is 12.3 Å². The Morgan fingerprint density at radius 1 is 1.61 bits per heavy atom. The predicted molar refractivity (Wildman–Crippen MR) is 60.9 cm³/mol. The number of nitro groups is 1. The summed E-state index contributed by atoms with van der Waals surface area (Å²) in [6, 6.07) is 1.36. The normalized spacial score (nSPS) is 10.7. The molecule has 1 aromatic rings. The van der Waals surface area contributed by atoms with Crippen LogP contribution in [0.4, 0.5) is 20.3 Å². The van der Waals surface area contributed by atoms with Gasteiger partial charge in [-0.05, 0) is 13.0 Å². The second kappa shape index (κ2) is 6.20. The molecule has 0 atom stereocenters. The Bertz CT molecular complexity index is 429. The topological polar surface area (TPSA) is 79.5 Å². The molecule has 0 aliphatic carbocycles. The van der Waals surface area contributed by atoms with Gasteiger partial charge < -0.3 is 10.0 Å². The Kier molecular flexibility index (Phi) is 4.90. The predicted octanol–water partition coefficient (Wildman–Crippen LogP) is 1.36. The van der Waals surface area contributed by atoms with Gasteiger partial charge in [0.15, 0.2) is 0 Å². The van der Waals surface area contributed by atoms with Crippen LogP contribution in [-0.2, 0) is 0 Å². The molecule has 8 heteroatoms. The van der Waals surface area contributed by atoms with Crippen molar-refractivity contribution in [3.05, 3.63) is 27.9 Å². The van der Waals surface area contributed by atoms with Crippen molar-refractivity contribution in [2.75, 3.05) is 24.6 Å². The minimum atomic E-state index is -2.58. The van der Waals surface area contributed by atoms with Crippen LogP contribution < -0.4 is 4.90 Å². The van der Waals surface area contributed by atoms with E-state index < -0.39 is 17.9 Å². The van der Waals surface area contributed by atoms with Gasteiger partial charge in [0.2, 0.25) is 0 Å². The van der Waals surface area contributed by atoms with Gasteiger partial charge in [-0.3, -0.25) is 10.1 Å². The smallest absolute Gasteiger partial charge is 0.290 e. The molecule has 1 heterocycles. The van der Waals surface area contributed by atoms with Crippen LogP contribution in [0.2, 0.25) is 0 Å². The molecule has 100 valence electrons. The average molecular weight is 261 g/mol. The van der Waals surface area contributed by atoms with Gasteiger partial charge in [0, 0.05) is 12.1 Å². The number of anilines is 1. The highest BCUT2D eigenvalue weighted by atomic mass is 19.3. The second-order valence-electron chi connectivity index (χ2n) is 3.65. The van der Waals surface area contributed by atoms with Crippen molar-refractivity contribution in [3.63, 3.8) is 0 Å². The van der Waals surface area contributed by atoms with E-state index >= 15 is 0 Å². The first kappa shape index (κ1) is 14.2.